The summed E-state index contributed by atoms with van der Waals surface area (Å²) >= 11 is 14.7. The largest absolute Gasteiger partial charge is 0.377 e. The van der Waals surface area contributed by atoms with Crippen LogP contribution in [0.15, 0.2) is 66.9 Å². The summed E-state index contributed by atoms with van der Waals surface area (Å²) in [6, 6.07) is 15.8. The van der Waals surface area contributed by atoms with Crippen molar-refractivity contribution in [2.45, 2.75) is 139 Å². The molecule has 0 saturated carbocycles. The van der Waals surface area contributed by atoms with Gasteiger partial charge in [0.05, 0.1) is 84.1 Å². The monoisotopic (exact) mass is 1060 g/mol. The number of amides is 4. The fourth-order valence-electron chi connectivity index (χ4n) is 10.0. The van der Waals surface area contributed by atoms with Crippen LogP contribution in [0.5, 0.6) is 0 Å². The van der Waals surface area contributed by atoms with Crippen LogP contribution in [-0.2, 0) is 41.8 Å². The number of nitrogens with one attached hydrogen (secondary N) is 6. The SMILES string of the molecule is CN[C@@H](C)C(=S)NC1CCSC2CC(C)(C)C(C(=O)N[C@H](COCCn3cc(COC[C@@H](NC(=O)[C@H]4N5C(=O)[C@@H](NC(=S)[C@H](C)NC)CCS[C@H]5CC4(C)C)c4ccccc4)nn3)c3ccccc3)N2C1=O. The van der Waals surface area contributed by atoms with Gasteiger partial charge in [-0.3, -0.25) is 19.2 Å². The molecule has 1 aromatic heterocycles. The van der Waals surface area contributed by atoms with Gasteiger partial charge in [-0.1, -0.05) is 118 Å². The predicted octanol–water partition coefficient (Wildman–Crippen LogP) is 4.49. The molecule has 6 N–H and O–H groups in total. The van der Waals surface area contributed by atoms with Crippen LogP contribution in [0.4, 0.5) is 0 Å². The number of thiocarbonyl (C=S) groups is 2. The first-order chi connectivity index (χ1) is 34.4. The molecular weight excluding hydrogens is 991 g/mol. The van der Waals surface area contributed by atoms with E-state index < -0.39 is 47.1 Å². The molecule has 0 radical (unpaired) electrons. The zero-order valence-corrected chi connectivity index (χ0v) is 46.0. The molecule has 4 aliphatic rings. The standard InChI is InChI=1S/C51H73N11O6S4/c1-31(52-7)46(69)56-36-19-23-71-40-25-50(3,4)42(61(40)48(36)65)44(63)54-38(33-15-11-9-12-16-33)29-67-22-21-60-27-35(58-59-60)28-68-30-39(34-17-13-10-14-18-34)55-45(64)43-51(5,6)26-41-62(43)49(66)37(20-24-72-41)57-47(70)32(2)53-8/h9-18,27,31-32,36-43,52-53H,19-26,28-30H2,1-8H3,(H,54,63)(H,55,64)(H,56,69)(H,57,70)/t31-,32-,36?,37-,38+,39+,40?,41-,42?,43+/m0/s1. The van der Waals surface area contributed by atoms with Gasteiger partial charge in [-0.05, 0) is 87.1 Å². The molecule has 17 nitrogen and oxygen atoms in total. The summed E-state index contributed by atoms with van der Waals surface area (Å²) in [5.74, 6) is 0.879. The lowest BCUT2D eigenvalue weighted by Crippen LogP contribution is -2.58. The van der Waals surface area contributed by atoms with Gasteiger partial charge in [0.2, 0.25) is 23.6 Å². The second kappa shape index (κ2) is 24.9. The van der Waals surface area contributed by atoms with Crippen molar-refractivity contribution in [2.24, 2.45) is 10.8 Å². The summed E-state index contributed by atoms with van der Waals surface area (Å²) in [5.41, 5.74) is 1.41. The van der Waals surface area contributed by atoms with E-state index in [2.05, 4.69) is 69.9 Å². The van der Waals surface area contributed by atoms with Crippen molar-refractivity contribution in [1.82, 2.24) is 56.7 Å². The first-order valence-corrected chi connectivity index (χ1v) is 27.9. The molecule has 0 aliphatic carbocycles. The smallest absolute Gasteiger partial charge is 0.246 e. The maximum atomic E-state index is 14.5. The number of hydrogen-bond acceptors (Lipinski definition) is 14. The fourth-order valence-corrected chi connectivity index (χ4v) is 13.7. The van der Waals surface area contributed by atoms with Crippen molar-refractivity contribution >= 4 is 81.6 Å². The first kappa shape index (κ1) is 55.5. The molecular formula is C51H73N11O6S4. The number of thioether (sulfide) groups is 2. The zero-order chi connectivity index (χ0) is 51.7. The molecule has 3 aromatic rings. The molecule has 4 fully saturated rings. The van der Waals surface area contributed by atoms with Crippen LogP contribution in [0.2, 0.25) is 0 Å². The highest BCUT2D eigenvalue weighted by molar-refractivity contribution is 8.00. The second-order valence-electron chi connectivity index (χ2n) is 20.6. The van der Waals surface area contributed by atoms with Crippen LogP contribution >= 0.6 is 48.0 Å². The normalized spacial score (nSPS) is 25.2. The van der Waals surface area contributed by atoms with Gasteiger partial charge in [-0.25, -0.2) is 4.68 Å². The fraction of sp³-hybridized carbons (Fsp3) is 0.608. The highest BCUT2D eigenvalue weighted by Gasteiger charge is 2.56. The Labute approximate surface area is 443 Å². The van der Waals surface area contributed by atoms with E-state index in [0.29, 0.717) is 47.9 Å². The Balaban J connectivity index is 0.944. The molecule has 4 saturated heterocycles. The van der Waals surface area contributed by atoms with Gasteiger partial charge in [0.15, 0.2) is 0 Å². The Hall–Kier alpha value is -4.22. The van der Waals surface area contributed by atoms with Crippen molar-refractivity contribution in [1.29, 1.82) is 0 Å². The van der Waals surface area contributed by atoms with E-state index in [4.69, 9.17) is 33.9 Å². The van der Waals surface area contributed by atoms with E-state index in [0.717, 1.165) is 22.6 Å². The molecule has 4 aliphatic heterocycles. The van der Waals surface area contributed by atoms with Crippen molar-refractivity contribution < 1.29 is 28.7 Å². The number of rotatable bonds is 21. The van der Waals surface area contributed by atoms with Gasteiger partial charge in [-0.2, -0.15) is 0 Å². The summed E-state index contributed by atoms with van der Waals surface area (Å²) < 4.78 is 14.2. The van der Waals surface area contributed by atoms with Gasteiger partial charge in [0.25, 0.3) is 0 Å². The topological polar surface area (TPSA) is 196 Å². The lowest BCUT2D eigenvalue weighted by atomic mass is 9.83. The van der Waals surface area contributed by atoms with E-state index >= 15 is 0 Å². The van der Waals surface area contributed by atoms with Crippen LogP contribution in [-0.4, -0.2) is 151 Å². The van der Waals surface area contributed by atoms with Crippen LogP contribution in [0, 0.1) is 10.8 Å². The average Bonchev–Trinajstić information content (AvgIpc) is 3.95. The Morgan fingerprint density at radius 3 is 1.61 bits per heavy atom. The number of nitrogens with zero attached hydrogens (tertiary/aromatic N) is 5. The molecule has 5 heterocycles. The maximum Gasteiger partial charge on any atom is 0.246 e. The molecule has 21 heteroatoms. The van der Waals surface area contributed by atoms with E-state index in [1.807, 2.05) is 88.6 Å². The number of likely N-dealkylation sites (N-methyl/N-ethyl adjacent to an activating group) is 2. The third-order valence-corrected chi connectivity index (χ3v) is 17.7. The number of ether oxygens (including phenoxy) is 2. The minimum atomic E-state index is -0.697. The highest BCUT2D eigenvalue weighted by atomic mass is 32.2. The van der Waals surface area contributed by atoms with Gasteiger partial charge in [-0.15, -0.1) is 28.6 Å². The van der Waals surface area contributed by atoms with Gasteiger partial charge < -0.3 is 51.2 Å². The number of aromatic nitrogens is 3. The molecule has 2 aromatic carbocycles. The Morgan fingerprint density at radius 1 is 0.722 bits per heavy atom. The van der Waals surface area contributed by atoms with Crippen LogP contribution < -0.4 is 31.9 Å². The third kappa shape index (κ3) is 13.4. The van der Waals surface area contributed by atoms with Crippen molar-refractivity contribution in [2.75, 3.05) is 45.4 Å². The summed E-state index contributed by atoms with van der Waals surface area (Å²) in [5, 5.41) is 27.8. The summed E-state index contributed by atoms with van der Waals surface area (Å²) in [7, 11) is 3.66. The van der Waals surface area contributed by atoms with E-state index in [1.54, 1.807) is 44.2 Å². The summed E-state index contributed by atoms with van der Waals surface area (Å²) in [6.07, 6.45) is 4.42. The maximum absolute atomic E-state index is 14.5. The average molecular weight is 1060 g/mol. The molecule has 392 valence electrons. The number of benzene rings is 2. The lowest BCUT2D eigenvalue weighted by Gasteiger charge is -2.35. The minimum absolute atomic E-state index is 0.0959. The zero-order valence-electron chi connectivity index (χ0n) is 42.7. The number of carbonyl (C=O) groups is 4. The van der Waals surface area contributed by atoms with E-state index in [9.17, 15) is 19.2 Å². The quantitative estimate of drug-likeness (QED) is 0.0645. The minimum Gasteiger partial charge on any atom is -0.377 e. The number of fused-ring (bicyclic) bond motifs is 2. The van der Waals surface area contributed by atoms with Crippen LogP contribution in [0.25, 0.3) is 0 Å². The van der Waals surface area contributed by atoms with Crippen molar-refractivity contribution in [3.63, 3.8) is 0 Å². The first-order valence-electron chi connectivity index (χ1n) is 25.0. The van der Waals surface area contributed by atoms with Crippen molar-refractivity contribution in [3.05, 3.63) is 83.7 Å². The molecule has 0 bridgehead atoms. The summed E-state index contributed by atoms with van der Waals surface area (Å²) in [4.78, 5) is 62.2. The van der Waals surface area contributed by atoms with E-state index in [1.165, 1.54) is 0 Å². The molecule has 72 heavy (non-hydrogen) atoms. The molecule has 7 rings (SSSR count). The molecule has 10 atom stereocenters. The van der Waals surface area contributed by atoms with E-state index in [-0.39, 0.29) is 72.9 Å². The Morgan fingerprint density at radius 2 is 1.17 bits per heavy atom. The Kier molecular flexibility index (Phi) is 19.2. The highest BCUT2D eigenvalue weighted by Crippen LogP contribution is 2.48. The van der Waals surface area contributed by atoms with Gasteiger partial charge in [0, 0.05) is 0 Å². The predicted molar refractivity (Wildman–Crippen MR) is 291 cm³/mol. The molecule has 3 unspecified atom stereocenters. The lowest BCUT2D eigenvalue weighted by molar-refractivity contribution is -0.142. The third-order valence-electron chi connectivity index (χ3n) is 14.3. The number of hydrogen-bond donors (Lipinski definition) is 6. The Bertz CT molecular complexity index is 2360. The van der Waals surface area contributed by atoms with Gasteiger partial charge in [0.1, 0.15) is 29.9 Å². The van der Waals surface area contributed by atoms with Crippen LogP contribution in [0.1, 0.15) is 96.1 Å². The summed E-state index contributed by atoms with van der Waals surface area (Å²) in [6.45, 7) is 13.3. The molecule has 0 spiro atoms. The molecule has 4 amide bonds. The number of carbonyl (C=O) groups excluding carboxylic acids is 4. The van der Waals surface area contributed by atoms with Crippen molar-refractivity contribution in [3.8, 4) is 0 Å². The second-order valence-corrected chi connectivity index (χ2v) is 24.0. The van der Waals surface area contributed by atoms with Crippen LogP contribution in [0.3, 0.4) is 0 Å². The van der Waals surface area contributed by atoms with Gasteiger partial charge >= 0.3 is 0 Å².